The molecule has 1 aromatic rings. The summed E-state index contributed by atoms with van der Waals surface area (Å²) in [6.07, 6.45) is 2.51. The molecule has 94 valence electrons. The predicted octanol–water partition coefficient (Wildman–Crippen LogP) is 2.92. The Morgan fingerprint density at radius 1 is 1.47 bits per heavy atom. The van der Waals surface area contributed by atoms with Crippen LogP contribution in [0.4, 0.5) is 0 Å². The first kappa shape index (κ1) is 12.8. The fraction of sp³-hybridized carbons (Fsp3) is 0.538. The van der Waals surface area contributed by atoms with Gasteiger partial charge in [0.2, 0.25) is 0 Å². The summed E-state index contributed by atoms with van der Waals surface area (Å²) in [5, 5.41) is 10.0. The molecular formula is C13H17ClO3. The monoisotopic (exact) mass is 256 g/mol. The molecule has 1 saturated heterocycles. The van der Waals surface area contributed by atoms with E-state index in [4.69, 9.17) is 21.1 Å². The van der Waals surface area contributed by atoms with Gasteiger partial charge in [0.1, 0.15) is 6.10 Å². The Kier molecular flexibility index (Phi) is 4.80. The summed E-state index contributed by atoms with van der Waals surface area (Å²) >= 11 is 5.92. The molecule has 4 heteroatoms. The SMILES string of the molecule is OCC(O[C@@H]1CCCCO1)c1cccc(Cl)c1. The molecule has 1 aliphatic rings. The van der Waals surface area contributed by atoms with Gasteiger partial charge in [-0.05, 0) is 37.0 Å². The lowest BCUT2D eigenvalue weighted by molar-refractivity contribution is -0.196. The topological polar surface area (TPSA) is 38.7 Å². The van der Waals surface area contributed by atoms with Gasteiger partial charge in [-0.2, -0.15) is 0 Å². The fourth-order valence-electron chi connectivity index (χ4n) is 1.94. The molecule has 0 aliphatic carbocycles. The van der Waals surface area contributed by atoms with E-state index in [1.54, 1.807) is 6.07 Å². The molecule has 1 N–H and O–H groups in total. The van der Waals surface area contributed by atoms with Crippen molar-refractivity contribution in [3.05, 3.63) is 34.9 Å². The zero-order valence-corrected chi connectivity index (χ0v) is 10.4. The molecule has 0 amide bonds. The Hall–Kier alpha value is -0.610. The Balaban J connectivity index is 2.00. The molecule has 0 spiro atoms. The number of aliphatic hydroxyl groups excluding tert-OH is 1. The average molecular weight is 257 g/mol. The van der Waals surface area contributed by atoms with Crippen molar-refractivity contribution in [2.45, 2.75) is 31.7 Å². The molecule has 2 atom stereocenters. The van der Waals surface area contributed by atoms with E-state index >= 15 is 0 Å². The van der Waals surface area contributed by atoms with Gasteiger partial charge in [0.15, 0.2) is 6.29 Å². The third kappa shape index (κ3) is 3.68. The molecule has 17 heavy (non-hydrogen) atoms. The minimum Gasteiger partial charge on any atom is -0.393 e. The maximum absolute atomic E-state index is 9.38. The van der Waals surface area contributed by atoms with Gasteiger partial charge in [-0.25, -0.2) is 0 Å². The van der Waals surface area contributed by atoms with Gasteiger partial charge in [0.05, 0.1) is 6.61 Å². The summed E-state index contributed by atoms with van der Waals surface area (Å²) in [6, 6.07) is 7.36. The van der Waals surface area contributed by atoms with E-state index in [0.29, 0.717) is 5.02 Å². The van der Waals surface area contributed by atoms with Gasteiger partial charge in [0, 0.05) is 11.6 Å². The molecule has 1 aliphatic heterocycles. The maximum Gasteiger partial charge on any atom is 0.158 e. The molecule has 1 unspecified atom stereocenters. The number of hydrogen-bond donors (Lipinski definition) is 1. The molecule has 2 rings (SSSR count). The summed E-state index contributed by atoms with van der Waals surface area (Å²) in [7, 11) is 0. The second-order valence-electron chi connectivity index (χ2n) is 4.16. The van der Waals surface area contributed by atoms with E-state index in [2.05, 4.69) is 0 Å². The molecule has 1 heterocycles. The van der Waals surface area contributed by atoms with Crippen LogP contribution in [0.25, 0.3) is 0 Å². The lowest BCUT2D eigenvalue weighted by atomic mass is 10.1. The third-order valence-electron chi connectivity index (χ3n) is 2.84. The lowest BCUT2D eigenvalue weighted by Crippen LogP contribution is -2.25. The quantitative estimate of drug-likeness (QED) is 0.900. The average Bonchev–Trinajstić information content (AvgIpc) is 2.37. The van der Waals surface area contributed by atoms with Crippen molar-refractivity contribution in [1.82, 2.24) is 0 Å². The first-order valence-electron chi connectivity index (χ1n) is 5.93. The van der Waals surface area contributed by atoms with Crippen molar-refractivity contribution in [3.63, 3.8) is 0 Å². The van der Waals surface area contributed by atoms with Crippen LogP contribution in [-0.4, -0.2) is 24.6 Å². The van der Waals surface area contributed by atoms with Crippen molar-refractivity contribution in [2.24, 2.45) is 0 Å². The van der Waals surface area contributed by atoms with Crippen LogP contribution in [0.3, 0.4) is 0 Å². The van der Waals surface area contributed by atoms with Crippen molar-refractivity contribution in [1.29, 1.82) is 0 Å². The Morgan fingerprint density at radius 3 is 3.00 bits per heavy atom. The highest BCUT2D eigenvalue weighted by molar-refractivity contribution is 6.30. The number of benzene rings is 1. The van der Waals surface area contributed by atoms with Crippen molar-refractivity contribution < 1.29 is 14.6 Å². The molecule has 0 bridgehead atoms. The molecule has 0 aromatic heterocycles. The van der Waals surface area contributed by atoms with Crippen LogP contribution in [0.15, 0.2) is 24.3 Å². The van der Waals surface area contributed by atoms with E-state index < -0.39 is 0 Å². The molecule has 0 radical (unpaired) electrons. The summed E-state index contributed by atoms with van der Waals surface area (Å²) in [5.74, 6) is 0. The summed E-state index contributed by atoms with van der Waals surface area (Å²) in [4.78, 5) is 0. The number of ether oxygens (including phenoxy) is 2. The van der Waals surface area contributed by atoms with E-state index in [1.807, 2.05) is 18.2 Å². The highest BCUT2D eigenvalue weighted by atomic mass is 35.5. The largest absolute Gasteiger partial charge is 0.393 e. The van der Waals surface area contributed by atoms with E-state index in [-0.39, 0.29) is 19.0 Å². The molecular weight excluding hydrogens is 240 g/mol. The summed E-state index contributed by atoms with van der Waals surface area (Å²) in [5.41, 5.74) is 0.883. The number of hydrogen-bond acceptors (Lipinski definition) is 3. The van der Waals surface area contributed by atoms with Gasteiger partial charge >= 0.3 is 0 Å². The first-order chi connectivity index (χ1) is 8.29. The number of aliphatic hydroxyl groups is 1. The highest BCUT2D eigenvalue weighted by Gasteiger charge is 2.20. The fourth-order valence-corrected chi connectivity index (χ4v) is 2.13. The number of rotatable bonds is 4. The van der Waals surface area contributed by atoms with Gasteiger partial charge < -0.3 is 14.6 Å². The van der Waals surface area contributed by atoms with Crippen LogP contribution in [0, 0.1) is 0 Å². The lowest BCUT2D eigenvalue weighted by Gasteiger charge is -2.27. The van der Waals surface area contributed by atoms with E-state index in [9.17, 15) is 5.11 Å². The molecule has 1 fully saturated rings. The van der Waals surface area contributed by atoms with Crippen molar-refractivity contribution >= 4 is 11.6 Å². The summed E-state index contributed by atoms with van der Waals surface area (Å²) < 4.78 is 11.2. The predicted molar refractivity (Wildman–Crippen MR) is 66.0 cm³/mol. The van der Waals surface area contributed by atoms with Gasteiger partial charge in [-0.3, -0.25) is 0 Å². The second kappa shape index (κ2) is 6.36. The normalized spacial score (nSPS) is 22.4. The van der Waals surface area contributed by atoms with Crippen LogP contribution in [0.1, 0.15) is 30.9 Å². The van der Waals surface area contributed by atoms with Crippen LogP contribution >= 0.6 is 11.6 Å². The first-order valence-corrected chi connectivity index (χ1v) is 6.31. The number of halogens is 1. The Bertz CT molecular complexity index is 350. The maximum atomic E-state index is 9.38. The van der Waals surface area contributed by atoms with Crippen molar-refractivity contribution in [2.75, 3.05) is 13.2 Å². The second-order valence-corrected chi connectivity index (χ2v) is 4.59. The third-order valence-corrected chi connectivity index (χ3v) is 3.08. The van der Waals surface area contributed by atoms with E-state index in [1.165, 1.54) is 0 Å². The van der Waals surface area contributed by atoms with Gasteiger partial charge in [-0.1, -0.05) is 23.7 Å². The molecule has 0 saturated carbocycles. The van der Waals surface area contributed by atoms with E-state index in [0.717, 1.165) is 31.4 Å². The zero-order valence-electron chi connectivity index (χ0n) is 9.64. The van der Waals surface area contributed by atoms with Gasteiger partial charge in [-0.15, -0.1) is 0 Å². The minimum atomic E-state index is -0.364. The standard InChI is InChI=1S/C13H17ClO3/c14-11-5-3-4-10(8-11)12(9-15)17-13-6-1-2-7-16-13/h3-5,8,12-13,15H,1-2,6-7,9H2/t12?,13-/m1/s1. The Morgan fingerprint density at radius 2 is 2.35 bits per heavy atom. The molecule has 3 nitrogen and oxygen atoms in total. The highest BCUT2D eigenvalue weighted by Crippen LogP contribution is 2.25. The smallest absolute Gasteiger partial charge is 0.158 e. The van der Waals surface area contributed by atoms with Crippen LogP contribution < -0.4 is 0 Å². The zero-order chi connectivity index (χ0) is 12.1. The van der Waals surface area contributed by atoms with Crippen LogP contribution in [0.2, 0.25) is 5.02 Å². The minimum absolute atomic E-state index is 0.0692. The van der Waals surface area contributed by atoms with Crippen LogP contribution in [0.5, 0.6) is 0 Å². The summed E-state index contributed by atoms with van der Waals surface area (Å²) in [6.45, 7) is 0.665. The van der Waals surface area contributed by atoms with Crippen molar-refractivity contribution in [3.8, 4) is 0 Å². The molecule has 1 aromatic carbocycles. The Labute approximate surface area is 106 Å². The van der Waals surface area contributed by atoms with Crippen LogP contribution in [-0.2, 0) is 9.47 Å². The van der Waals surface area contributed by atoms with Gasteiger partial charge in [0.25, 0.3) is 0 Å².